The normalized spacial score (nSPS) is 17.8. The van der Waals surface area contributed by atoms with Gasteiger partial charge in [-0.15, -0.1) is 0 Å². The number of aliphatic carboxylic acids is 1. The third-order valence-corrected chi connectivity index (χ3v) is 14.4. The summed E-state index contributed by atoms with van der Waals surface area (Å²) in [5, 5.41) is 10.8. The number of aromatic nitrogens is 2. The van der Waals surface area contributed by atoms with Crippen LogP contribution < -0.4 is 0 Å². The van der Waals surface area contributed by atoms with Crippen LogP contribution in [-0.2, 0) is 65.4 Å². The molecule has 14 nitrogen and oxygen atoms in total. The molecule has 2 aliphatic rings. The average molecular weight is 852 g/mol. The summed E-state index contributed by atoms with van der Waals surface area (Å²) in [5.74, 6) is -1.23. The van der Waals surface area contributed by atoms with E-state index in [0.29, 0.717) is 29.6 Å². The van der Waals surface area contributed by atoms with Crippen LogP contribution in [0.4, 0.5) is 0 Å². The Balaban J connectivity index is 0.000000182. The molecule has 2 aliphatic heterocycles. The highest BCUT2D eigenvalue weighted by Crippen LogP contribution is 2.32. The first-order valence-electron chi connectivity index (χ1n) is 19.3. The van der Waals surface area contributed by atoms with Crippen LogP contribution in [0.3, 0.4) is 0 Å². The molecule has 0 radical (unpaired) electrons. The second-order valence-electron chi connectivity index (χ2n) is 14.7. The third-order valence-electron chi connectivity index (χ3n) is 10.5. The van der Waals surface area contributed by atoms with E-state index in [9.17, 15) is 31.5 Å². The van der Waals surface area contributed by atoms with Gasteiger partial charge in [0.15, 0.2) is 0 Å². The second kappa shape index (κ2) is 18.3. The van der Waals surface area contributed by atoms with Crippen LogP contribution >= 0.6 is 0 Å². The number of carbonyl (C=O) groups is 2. The maximum absolute atomic E-state index is 13.9. The predicted octanol–water partition coefficient (Wildman–Crippen LogP) is 5.60. The van der Waals surface area contributed by atoms with Crippen molar-refractivity contribution >= 4 is 53.7 Å². The summed E-state index contributed by atoms with van der Waals surface area (Å²) in [7, 11) is -4.69. The number of carbonyl (C=O) groups excluding carboxylic acids is 1. The lowest BCUT2D eigenvalue weighted by atomic mass is 10.1. The maximum Gasteiger partial charge on any atom is 0.305 e. The summed E-state index contributed by atoms with van der Waals surface area (Å²) < 4.78 is 69.5. The fourth-order valence-corrected chi connectivity index (χ4v) is 10.9. The number of carboxylic acids is 1. The number of hydrogen-bond acceptors (Lipinski definition) is 10. The molecule has 4 aromatic carbocycles. The zero-order valence-electron chi connectivity index (χ0n) is 33.1. The summed E-state index contributed by atoms with van der Waals surface area (Å²) in [6.07, 6.45) is 2.81. The molecule has 0 saturated carbocycles. The molecule has 0 aliphatic carbocycles. The van der Waals surface area contributed by atoms with Crippen LogP contribution in [0.25, 0.3) is 21.8 Å². The lowest BCUT2D eigenvalue weighted by Crippen LogP contribution is -2.46. The van der Waals surface area contributed by atoms with E-state index in [2.05, 4.69) is 9.97 Å². The summed E-state index contributed by atoms with van der Waals surface area (Å²) in [6, 6.07) is 30.8. The van der Waals surface area contributed by atoms with Crippen LogP contribution in [0, 0.1) is 0 Å². The topological polar surface area (TPSA) is 177 Å². The van der Waals surface area contributed by atoms with Gasteiger partial charge < -0.3 is 19.5 Å². The van der Waals surface area contributed by atoms with Crippen LogP contribution in [0.15, 0.2) is 131 Å². The van der Waals surface area contributed by atoms with E-state index in [0.717, 1.165) is 27.6 Å². The number of pyridine rings is 2. The summed E-state index contributed by atoms with van der Waals surface area (Å²) in [5.41, 5.74) is 4.26. The van der Waals surface area contributed by atoms with Crippen molar-refractivity contribution in [3.05, 3.63) is 144 Å². The molecule has 4 heterocycles. The monoisotopic (exact) mass is 851 g/mol. The molecular formula is C44H45N5O9S2. The molecule has 2 aromatic heterocycles. The quantitative estimate of drug-likeness (QED) is 0.202. The highest BCUT2D eigenvalue weighted by molar-refractivity contribution is 7.89. The van der Waals surface area contributed by atoms with Gasteiger partial charge in [0.2, 0.25) is 26.0 Å². The van der Waals surface area contributed by atoms with Gasteiger partial charge in [-0.1, -0.05) is 84.9 Å². The summed E-state index contributed by atoms with van der Waals surface area (Å²) in [4.78, 5) is 34.2. The Bertz CT molecular complexity index is 2740. The molecule has 8 rings (SSSR count). The standard InChI is InChI=1S/C23H25N3O4S.C21H20N2O5S/c1-25(2)22(27)13-20-16-30-15-19-8-4-3-7-18(19)14-26(20)31(28,29)21-11-5-9-17-10-6-12-24-23(17)21;24-20(25)11-18-14-28-13-17-6-2-1-5-16(17)12-23(18)29(26,27)19-9-3-7-15-8-4-10-22-21(15)19/h3-12,20H,13-16H2,1-2H3;1-10,18H,11-14H2,(H,24,25)/t20-;18-/m11/s1. The van der Waals surface area contributed by atoms with Gasteiger partial charge in [0.1, 0.15) is 9.79 Å². The molecule has 0 bridgehead atoms. The lowest BCUT2D eigenvalue weighted by molar-refractivity contribution is -0.138. The number of hydrogen-bond donors (Lipinski definition) is 1. The Hall–Kier alpha value is -5.62. The van der Waals surface area contributed by atoms with Crippen LogP contribution in [0.1, 0.15) is 35.1 Å². The Kier molecular flexibility index (Phi) is 13.0. The number of sulfonamides is 2. The van der Waals surface area contributed by atoms with Gasteiger partial charge in [-0.25, -0.2) is 16.8 Å². The van der Waals surface area contributed by atoms with Crippen molar-refractivity contribution in [1.29, 1.82) is 0 Å². The van der Waals surface area contributed by atoms with Crippen molar-refractivity contribution in [1.82, 2.24) is 23.5 Å². The van der Waals surface area contributed by atoms with Crippen molar-refractivity contribution in [3.8, 4) is 0 Å². The smallest absolute Gasteiger partial charge is 0.305 e. The van der Waals surface area contributed by atoms with Crippen LogP contribution in [-0.4, -0.2) is 96.7 Å². The van der Waals surface area contributed by atoms with E-state index in [4.69, 9.17) is 9.47 Å². The first kappa shape index (κ1) is 42.5. The first-order valence-corrected chi connectivity index (χ1v) is 22.1. The number of nitrogens with zero attached hydrogens (tertiary/aromatic N) is 5. The van der Waals surface area contributed by atoms with Gasteiger partial charge >= 0.3 is 5.97 Å². The van der Waals surface area contributed by atoms with E-state index in [-0.39, 0.29) is 54.8 Å². The first-order chi connectivity index (χ1) is 28.8. The van der Waals surface area contributed by atoms with Gasteiger partial charge in [-0.2, -0.15) is 8.61 Å². The largest absolute Gasteiger partial charge is 0.481 e. The van der Waals surface area contributed by atoms with Gasteiger partial charge in [0, 0.05) is 56.8 Å². The second-order valence-corrected chi connectivity index (χ2v) is 18.4. The molecule has 312 valence electrons. The highest BCUT2D eigenvalue weighted by atomic mass is 32.2. The lowest BCUT2D eigenvalue weighted by Gasteiger charge is -2.33. The fourth-order valence-electron chi connectivity index (χ4n) is 7.37. The van der Waals surface area contributed by atoms with Gasteiger partial charge in [-0.05, 0) is 46.5 Å². The number of carboxylic acid groups (broad SMARTS) is 1. The molecular weight excluding hydrogens is 807 g/mol. The van der Waals surface area contributed by atoms with E-state index in [1.807, 2.05) is 60.7 Å². The molecule has 1 N–H and O–H groups in total. The molecule has 60 heavy (non-hydrogen) atoms. The Morgan fingerprint density at radius 2 is 1.03 bits per heavy atom. The summed E-state index contributed by atoms with van der Waals surface area (Å²) >= 11 is 0. The van der Waals surface area contributed by atoms with Crippen molar-refractivity contribution in [2.75, 3.05) is 27.3 Å². The molecule has 0 spiro atoms. The van der Waals surface area contributed by atoms with Crippen molar-refractivity contribution < 1.29 is 41.0 Å². The van der Waals surface area contributed by atoms with Crippen molar-refractivity contribution in [2.24, 2.45) is 0 Å². The number of benzene rings is 4. The minimum absolute atomic E-state index is 0.00193. The molecule has 2 atom stereocenters. The molecule has 0 saturated heterocycles. The zero-order valence-corrected chi connectivity index (χ0v) is 34.8. The van der Waals surface area contributed by atoms with E-state index < -0.39 is 38.1 Å². The Morgan fingerprint density at radius 1 is 0.617 bits per heavy atom. The summed E-state index contributed by atoms with van der Waals surface area (Å²) in [6.45, 7) is 1.06. The Morgan fingerprint density at radius 3 is 1.47 bits per heavy atom. The molecule has 6 aromatic rings. The minimum atomic E-state index is -4.04. The van der Waals surface area contributed by atoms with E-state index in [1.165, 1.54) is 19.6 Å². The number of amides is 1. The third kappa shape index (κ3) is 9.23. The van der Waals surface area contributed by atoms with E-state index in [1.54, 1.807) is 69.0 Å². The molecule has 0 unspecified atom stereocenters. The molecule has 0 fully saturated rings. The van der Waals surface area contributed by atoms with Crippen LogP contribution in [0.5, 0.6) is 0 Å². The predicted molar refractivity (Wildman–Crippen MR) is 224 cm³/mol. The van der Waals surface area contributed by atoms with Crippen LogP contribution in [0.2, 0.25) is 0 Å². The van der Waals surface area contributed by atoms with Gasteiger partial charge in [-0.3, -0.25) is 19.6 Å². The molecule has 16 heteroatoms. The van der Waals surface area contributed by atoms with Crippen molar-refractivity contribution in [3.63, 3.8) is 0 Å². The number of fused-ring (bicyclic) bond motifs is 4. The fraction of sp³-hybridized carbons (Fsp3) is 0.273. The SMILES string of the molecule is CN(C)C(=O)C[C@@H]1COCc2ccccc2CN1S(=O)(=O)c1cccc2cccnc12.O=C(O)C[C@@H]1COCc2ccccc2CN1S(=O)(=O)c1cccc2cccnc12. The Labute approximate surface area is 349 Å². The molecule has 1 amide bonds. The minimum Gasteiger partial charge on any atom is -0.481 e. The number of rotatable bonds is 8. The number of ether oxygens (including phenoxy) is 2. The number of para-hydroxylation sites is 2. The van der Waals surface area contributed by atoms with E-state index >= 15 is 0 Å². The van der Waals surface area contributed by atoms with Gasteiger partial charge in [0.05, 0.1) is 56.0 Å². The van der Waals surface area contributed by atoms with Crippen molar-refractivity contribution in [2.45, 2.75) is 61.0 Å². The maximum atomic E-state index is 13.9. The van der Waals surface area contributed by atoms with Gasteiger partial charge in [0.25, 0.3) is 0 Å². The average Bonchev–Trinajstić information content (AvgIpc) is 3.22. The highest BCUT2D eigenvalue weighted by Gasteiger charge is 2.38. The zero-order chi connectivity index (χ0) is 42.4.